The zero-order valence-electron chi connectivity index (χ0n) is 13.3. The lowest BCUT2D eigenvalue weighted by atomic mass is 9.89. The van der Waals surface area contributed by atoms with Crippen LogP contribution in [-0.2, 0) is 7.05 Å². The molecule has 23 heavy (non-hydrogen) atoms. The standard InChI is InChI=1S/C18H20ClFN2O/c1-10-4-5-17-12(6-10)13(9-22(17)3)18(23)21-16-8-15(20)11(2)7-14(16)19/h4-6,9,14-16H,2,7-8H2,1,3H3,(H,21,23). The van der Waals surface area contributed by atoms with E-state index in [4.69, 9.17) is 11.6 Å². The molecule has 3 nitrogen and oxygen atoms in total. The Balaban J connectivity index is 1.86. The number of amides is 1. The van der Waals surface area contributed by atoms with E-state index in [-0.39, 0.29) is 23.7 Å². The minimum Gasteiger partial charge on any atom is -0.350 e. The SMILES string of the molecule is C=C1CC(Cl)C(NC(=O)c2cn(C)c3ccc(C)cc23)CC1F. The van der Waals surface area contributed by atoms with E-state index < -0.39 is 6.17 Å². The summed E-state index contributed by atoms with van der Waals surface area (Å²) in [5.41, 5.74) is 3.18. The number of hydrogen-bond donors (Lipinski definition) is 1. The number of halogens is 2. The summed E-state index contributed by atoms with van der Waals surface area (Å²) in [6.07, 6.45) is 1.27. The number of fused-ring (bicyclic) bond motifs is 1. The van der Waals surface area contributed by atoms with Gasteiger partial charge < -0.3 is 9.88 Å². The first-order chi connectivity index (χ1) is 10.9. The van der Waals surface area contributed by atoms with Gasteiger partial charge in [0, 0.05) is 36.6 Å². The van der Waals surface area contributed by atoms with Crippen LogP contribution in [0.2, 0.25) is 0 Å². The van der Waals surface area contributed by atoms with E-state index in [1.165, 1.54) is 0 Å². The molecule has 122 valence electrons. The zero-order chi connectivity index (χ0) is 16.7. The van der Waals surface area contributed by atoms with Gasteiger partial charge in [-0.15, -0.1) is 11.6 Å². The fraction of sp³-hybridized carbons (Fsp3) is 0.389. The first kappa shape index (κ1) is 16.1. The Morgan fingerprint density at radius 2 is 2.22 bits per heavy atom. The second-order valence-electron chi connectivity index (χ2n) is 6.34. The minimum absolute atomic E-state index is 0.183. The van der Waals surface area contributed by atoms with Gasteiger partial charge in [-0.3, -0.25) is 4.79 Å². The summed E-state index contributed by atoms with van der Waals surface area (Å²) in [5, 5.41) is 3.47. The van der Waals surface area contributed by atoms with Crippen molar-refractivity contribution in [3.63, 3.8) is 0 Å². The third kappa shape index (κ3) is 3.00. The van der Waals surface area contributed by atoms with E-state index in [2.05, 4.69) is 11.9 Å². The average Bonchev–Trinajstić information content (AvgIpc) is 2.81. The topological polar surface area (TPSA) is 34.0 Å². The Bertz CT molecular complexity index is 783. The molecule has 1 saturated carbocycles. The monoisotopic (exact) mass is 334 g/mol. The summed E-state index contributed by atoms with van der Waals surface area (Å²) in [7, 11) is 1.90. The van der Waals surface area contributed by atoms with Gasteiger partial charge in [-0.1, -0.05) is 18.2 Å². The van der Waals surface area contributed by atoms with Gasteiger partial charge in [0.25, 0.3) is 5.91 Å². The third-order valence-electron chi connectivity index (χ3n) is 4.50. The molecule has 1 amide bonds. The Morgan fingerprint density at radius 3 is 2.96 bits per heavy atom. The molecule has 3 unspecified atom stereocenters. The number of carbonyl (C=O) groups excluding carboxylic acids is 1. The molecule has 1 aromatic carbocycles. The van der Waals surface area contributed by atoms with Crippen LogP contribution in [0.15, 0.2) is 36.5 Å². The number of rotatable bonds is 2. The number of carbonyl (C=O) groups is 1. The van der Waals surface area contributed by atoms with Gasteiger partial charge in [0.1, 0.15) is 6.17 Å². The lowest BCUT2D eigenvalue weighted by molar-refractivity contribution is 0.0925. The zero-order valence-corrected chi connectivity index (χ0v) is 14.0. The summed E-state index contributed by atoms with van der Waals surface area (Å²) in [6, 6.07) is 5.61. The molecule has 3 rings (SSSR count). The number of aryl methyl sites for hydroxylation is 2. The highest BCUT2D eigenvalue weighted by molar-refractivity contribution is 6.21. The number of alkyl halides is 2. The molecule has 1 aliphatic rings. The van der Waals surface area contributed by atoms with Gasteiger partial charge in [-0.05, 0) is 31.1 Å². The quantitative estimate of drug-likeness (QED) is 0.656. The van der Waals surface area contributed by atoms with Crippen LogP contribution in [0.25, 0.3) is 10.9 Å². The van der Waals surface area contributed by atoms with Gasteiger partial charge in [0.05, 0.1) is 10.9 Å². The lowest BCUT2D eigenvalue weighted by Gasteiger charge is -2.31. The predicted octanol–water partition coefficient (Wildman–Crippen LogP) is 3.88. The van der Waals surface area contributed by atoms with Crippen molar-refractivity contribution < 1.29 is 9.18 Å². The van der Waals surface area contributed by atoms with Crippen LogP contribution < -0.4 is 5.32 Å². The van der Waals surface area contributed by atoms with Crippen LogP contribution in [0.3, 0.4) is 0 Å². The summed E-state index contributed by atoms with van der Waals surface area (Å²) < 4.78 is 15.8. The van der Waals surface area contributed by atoms with Crippen molar-refractivity contribution >= 4 is 28.4 Å². The average molecular weight is 335 g/mol. The summed E-state index contributed by atoms with van der Waals surface area (Å²) in [5.74, 6) is -0.212. The van der Waals surface area contributed by atoms with E-state index in [9.17, 15) is 9.18 Å². The van der Waals surface area contributed by atoms with Crippen LogP contribution in [0.5, 0.6) is 0 Å². The molecule has 1 aromatic heterocycles. The van der Waals surface area contributed by atoms with Gasteiger partial charge in [-0.2, -0.15) is 0 Å². The summed E-state index contributed by atoms with van der Waals surface area (Å²) in [4.78, 5) is 12.7. The Labute approximate surface area is 140 Å². The van der Waals surface area contributed by atoms with Crippen molar-refractivity contribution in [2.75, 3.05) is 0 Å². The number of benzene rings is 1. The van der Waals surface area contributed by atoms with Gasteiger partial charge in [0.2, 0.25) is 0 Å². The molecular weight excluding hydrogens is 315 g/mol. The Hall–Kier alpha value is -1.81. The Morgan fingerprint density at radius 1 is 1.48 bits per heavy atom. The molecule has 1 N–H and O–H groups in total. The van der Waals surface area contributed by atoms with E-state index in [0.29, 0.717) is 17.6 Å². The molecular formula is C18H20ClFN2O. The molecule has 0 radical (unpaired) electrons. The van der Waals surface area contributed by atoms with E-state index in [0.717, 1.165) is 16.5 Å². The molecule has 0 aliphatic heterocycles. The second-order valence-corrected chi connectivity index (χ2v) is 6.90. The van der Waals surface area contributed by atoms with Crippen molar-refractivity contribution in [3.05, 3.63) is 47.7 Å². The number of nitrogens with one attached hydrogen (secondary N) is 1. The van der Waals surface area contributed by atoms with Gasteiger partial charge in [-0.25, -0.2) is 4.39 Å². The fourth-order valence-corrected chi connectivity index (χ4v) is 3.50. The van der Waals surface area contributed by atoms with Gasteiger partial charge >= 0.3 is 0 Å². The first-order valence-electron chi connectivity index (χ1n) is 7.69. The number of aromatic nitrogens is 1. The van der Waals surface area contributed by atoms with Crippen molar-refractivity contribution in [2.45, 2.75) is 37.4 Å². The number of nitrogens with zero attached hydrogens (tertiary/aromatic N) is 1. The van der Waals surface area contributed by atoms with Crippen molar-refractivity contribution in [1.29, 1.82) is 0 Å². The normalized spacial score (nSPS) is 24.9. The smallest absolute Gasteiger partial charge is 0.253 e. The number of hydrogen-bond acceptors (Lipinski definition) is 1. The second kappa shape index (κ2) is 6.00. The van der Waals surface area contributed by atoms with E-state index in [1.54, 1.807) is 6.20 Å². The molecule has 3 atom stereocenters. The molecule has 1 fully saturated rings. The predicted molar refractivity (Wildman–Crippen MR) is 91.8 cm³/mol. The summed E-state index contributed by atoms with van der Waals surface area (Å²) >= 11 is 6.28. The minimum atomic E-state index is -1.11. The molecule has 5 heteroatoms. The molecule has 0 saturated heterocycles. The van der Waals surface area contributed by atoms with Crippen LogP contribution in [0.4, 0.5) is 4.39 Å². The van der Waals surface area contributed by atoms with E-state index in [1.807, 2.05) is 36.7 Å². The molecule has 0 spiro atoms. The Kier molecular flexibility index (Phi) is 4.19. The first-order valence-corrected chi connectivity index (χ1v) is 8.13. The maximum absolute atomic E-state index is 13.8. The van der Waals surface area contributed by atoms with Crippen LogP contribution in [0, 0.1) is 6.92 Å². The molecule has 1 heterocycles. The number of allylic oxidation sites excluding steroid dienone is 1. The summed E-state index contributed by atoms with van der Waals surface area (Å²) in [6.45, 7) is 5.69. The highest BCUT2D eigenvalue weighted by Gasteiger charge is 2.33. The highest BCUT2D eigenvalue weighted by Crippen LogP contribution is 2.30. The highest BCUT2D eigenvalue weighted by atomic mass is 35.5. The van der Waals surface area contributed by atoms with Gasteiger partial charge in [0.15, 0.2) is 0 Å². The maximum Gasteiger partial charge on any atom is 0.253 e. The van der Waals surface area contributed by atoms with Crippen LogP contribution in [-0.4, -0.2) is 28.1 Å². The van der Waals surface area contributed by atoms with Crippen molar-refractivity contribution in [2.24, 2.45) is 7.05 Å². The molecule has 1 aliphatic carbocycles. The third-order valence-corrected chi connectivity index (χ3v) is 4.96. The maximum atomic E-state index is 13.8. The van der Waals surface area contributed by atoms with E-state index >= 15 is 0 Å². The van der Waals surface area contributed by atoms with Crippen molar-refractivity contribution in [3.8, 4) is 0 Å². The lowest BCUT2D eigenvalue weighted by Crippen LogP contribution is -2.46. The van der Waals surface area contributed by atoms with Crippen LogP contribution >= 0.6 is 11.6 Å². The molecule has 2 aromatic rings. The largest absolute Gasteiger partial charge is 0.350 e. The van der Waals surface area contributed by atoms with Crippen molar-refractivity contribution in [1.82, 2.24) is 9.88 Å². The molecule has 0 bridgehead atoms. The fourth-order valence-electron chi connectivity index (χ4n) is 3.14. The van der Waals surface area contributed by atoms with Crippen LogP contribution in [0.1, 0.15) is 28.8 Å².